The Bertz CT molecular complexity index is 430. The quantitative estimate of drug-likeness (QED) is 0.781. The van der Waals surface area contributed by atoms with Crippen LogP contribution in [-0.4, -0.2) is 32.1 Å². The van der Waals surface area contributed by atoms with Gasteiger partial charge in [-0.3, -0.25) is 4.79 Å². The molecule has 1 unspecified atom stereocenters. The predicted octanol–water partition coefficient (Wildman–Crippen LogP) is 1.86. The largest absolute Gasteiger partial charge is 0.383 e. The number of anilines is 1. The highest BCUT2D eigenvalue weighted by Crippen LogP contribution is 2.20. The summed E-state index contributed by atoms with van der Waals surface area (Å²) in [5.41, 5.74) is 1.43. The molecule has 2 rings (SSSR count). The number of halogens is 1. The molecular formula is C13H18ClN3O. The normalized spacial score (nSPS) is 18.7. The van der Waals surface area contributed by atoms with Crippen molar-refractivity contribution in [3.05, 3.63) is 28.8 Å². The number of carbonyl (C=O) groups is 1. The van der Waals surface area contributed by atoms with Crippen LogP contribution in [0.15, 0.2) is 18.2 Å². The van der Waals surface area contributed by atoms with Crippen molar-refractivity contribution in [1.82, 2.24) is 10.6 Å². The smallest absolute Gasteiger partial charge is 0.252 e. The third-order valence-electron chi connectivity index (χ3n) is 3.15. The van der Waals surface area contributed by atoms with Gasteiger partial charge in [-0.15, -0.1) is 0 Å². The summed E-state index contributed by atoms with van der Waals surface area (Å²) in [7, 11) is 1.60. The van der Waals surface area contributed by atoms with Crippen LogP contribution in [0.4, 0.5) is 5.69 Å². The molecule has 1 amide bonds. The highest BCUT2D eigenvalue weighted by Gasteiger charge is 2.14. The van der Waals surface area contributed by atoms with E-state index < -0.39 is 0 Å². The van der Waals surface area contributed by atoms with Crippen molar-refractivity contribution < 1.29 is 4.79 Å². The average molecular weight is 268 g/mol. The van der Waals surface area contributed by atoms with Gasteiger partial charge in [0, 0.05) is 25.3 Å². The zero-order valence-corrected chi connectivity index (χ0v) is 11.2. The monoisotopic (exact) mass is 267 g/mol. The highest BCUT2D eigenvalue weighted by molar-refractivity contribution is 6.34. The summed E-state index contributed by atoms with van der Waals surface area (Å²) in [4.78, 5) is 11.6. The summed E-state index contributed by atoms with van der Waals surface area (Å²) in [6, 6.07) is 5.94. The first-order valence-corrected chi connectivity index (χ1v) is 6.57. The van der Waals surface area contributed by atoms with Crippen LogP contribution in [-0.2, 0) is 0 Å². The number of carbonyl (C=O) groups excluding carboxylic acids is 1. The fourth-order valence-electron chi connectivity index (χ4n) is 2.12. The fourth-order valence-corrected chi connectivity index (χ4v) is 2.32. The minimum Gasteiger partial charge on any atom is -0.383 e. The van der Waals surface area contributed by atoms with E-state index in [4.69, 9.17) is 11.6 Å². The van der Waals surface area contributed by atoms with Crippen molar-refractivity contribution in [2.75, 3.05) is 25.5 Å². The van der Waals surface area contributed by atoms with Crippen LogP contribution in [0.1, 0.15) is 23.2 Å². The van der Waals surface area contributed by atoms with E-state index >= 15 is 0 Å². The van der Waals surface area contributed by atoms with Gasteiger partial charge in [-0.25, -0.2) is 0 Å². The molecule has 1 heterocycles. The van der Waals surface area contributed by atoms with E-state index in [-0.39, 0.29) is 5.91 Å². The summed E-state index contributed by atoms with van der Waals surface area (Å²) in [5.74, 6) is -0.164. The number of nitrogens with one attached hydrogen (secondary N) is 3. The van der Waals surface area contributed by atoms with Crippen molar-refractivity contribution in [3.63, 3.8) is 0 Å². The molecule has 18 heavy (non-hydrogen) atoms. The van der Waals surface area contributed by atoms with Crippen LogP contribution >= 0.6 is 11.6 Å². The van der Waals surface area contributed by atoms with Gasteiger partial charge in [0.15, 0.2) is 0 Å². The molecule has 1 aromatic rings. The summed E-state index contributed by atoms with van der Waals surface area (Å²) in [6.07, 6.45) is 2.43. The van der Waals surface area contributed by atoms with Gasteiger partial charge in [0.25, 0.3) is 5.91 Å². The average Bonchev–Trinajstić information content (AvgIpc) is 2.90. The van der Waals surface area contributed by atoms with Gasteiger partial charge < -0.3 is 16.0 Å². The molecule has 98 valence electrons. The van der Waals surface area contributed by atoms with E-state index in [0.717, 1.165) is 18.8 Å². The lowest BCUT2D eigenvalue weighted by Gasteiger charge is -2.13. The maximum Gasteiger partial charge on any atom is 0.252 e. The highest BCUT2D eigenvalue weighted by atomic mass is 35.5. The molecule has 5 heteroatoms. The number of amides is 1. The van der Waals surface area contributed by atoms with Gasteiger partial charge in [0.2, 0.25) is 0 Å². The Kier molecular flexibility index (Phi) is 4.44. The van der Waals surface area contributed by atoms with Gasteiger partial charge in [0.1, 0.15) is 0 Å². The molecule has 4 nitrogen and oxygen atoms in total. The second-order valence-electron chi connectivity index (χ2n) is 4.45. The molecule has 1 saturated heterocycles. The Morgan fingerprint density at radius 2 is 2.39 bits per heavy atom. The Morgan fingerprint density at radius 3 is 3.06 bits per heavy atom. The molecule has 1 atom stereocenters. The molecule has 1 aromatic carbocycles. The first kappa shape index (κ1) is 13.2. The van der Waals surface area contributed by atoms with Crippen molar-refractivity contribution in [2.45, 2.75) is 18.9 Å². The minimum absolute atomic E-state index is 0.164. The van der Waals surface area contributed by atoms with E-state index in [1.807, 2.05) is 6.07 Å². The standard InChI is InChI=1S/C13H18ClN3O/c1-15-13(18)11-7-9(4-5-12(11)14)17-8-10-3-2-6-16-10/h4-5,7,10,16-17H,2-3,6,8H2,1H3,(H,15,18). The summed E-state index contributed by atoms with van der Waals surface area (Å²) < 4.78 is 0. The fraction of sp³-hybridized carbons (Fsp3) is 0.462. The Hall–Kier alpha value is -1.26. The van der Waals surface area contributed by atoms with Gasteiger partial charge in [-0.1, -0.05) is 11.6 Å². The van der Waals surface area contributed by atoms with Crippen LogP contribution in [0.3, 0.4) is 0 Å². The third kappa shape index (κ3) is 3.15. The molecule has 0 spiro atoms. The van der Waals surface area contributed by atoms with Crippen LogP contribution in [0.5, 0.6) is 0 Å². The molecular weight excluding hydrogens is 250 g/mol. The maximum absolute atomic E-state index is 11.6. The zero-order valence-electron chi connectivity index (χ0n) is 10.4. The van der Waals surface area contributed by atoms with Gasteiger partial charge >= 0.3 is 0 Å². The number of rotatable bonds is 4. The molecule has 1 fully saturated rings. The molecule has 0 saturated carbocycles. The lowest BCUT2D eigenvalue weighted by molar-refractivity contribution is 0.0963. The van der Waals surface area contributed by atoms with Gasteiger partial charge in [-0.05, 0) is 37.6 Å². The second-order valence-corrected chi connectivity index (χ2v) is 4.86. The third-order valence-corrected chi connectivity index (χ3v) is 3.48. The number of hydrogen-bond donors (Lipinski definition) is 3. The van der Waals surface area contributed by atoms with Crippen LogP contribution in [0.25, 0.3) is 0 Å². The first-order chi connectivity index (χ1) is 8.70. The van der Waals surface area contributed by atoms with Crippen LogP contribution in [0.2, 0.25) is 5.02 Å². The van der Waals surface area contributed by atoms with E-state index in [0.29, 0.717) is 16.6 Å². The SMILES string of the molecule is CNC(=O)c1cc(NCC2CCCN2)ccc1Cl. The lowest BCUT2D eigenvalue weighted by Crippen LogP contribution is -2.29. The van der Waals surface area contributed by atoms with Gasteiger partial charge in [-0.2, -0.15) is 0 Å². The zero-order chi connectivity index (χ0) is 13.0. The lowest BCUT2D eigenvalue weighted by atomic mass is 10.1. The Labute approximate surface area is 112 Å². The van der Waals surface area contributed by atoms with Crippen LogP contribution in [0, 0.1) is 0 Å². The summed E-state index contributed by atoms with van der Waals surface area (Å²) in [6.45, 7) is 1.96. The molecule has 1 aliphatic heterocycles. The second kappa shape index (κ2) is 6.07. The predicted molar refractivity (Wildman–Crippen MR) is 74.4 cm³/mol. The summed E-state index contributed by atoms with van der Waals surface area (Å²) >= 11 is 6.00. The van der Waals surface area contributed by atoms with Gasteiger partial charge in [0.05, 0.1) is 10.6 Å². The van der Waals surface area contributed by atoms with E-state index in [9.17, 15) is 4.79 Å². The van der Waals surface area contributed by atoms with Crippen molar-refractivity contribution in [2.24, 2.45) is 0 Å². The molecule has 1 aliphatic rings. The molecule has 0 bridgehead atoms. The topological polar surface area (TPSA) is 53.2 Å². The van der Waals surface area contributed by atoms with Crippen molar-refractivity contribution in [1.29, 1.82) is 0 Å². The van der Waals surface area contributed by atoms with Crippen molar-refractivity contribution >= 4 is 23.2 Å². The van der Waals surface area contributed by atoms with E-state index in [1.165, 1.54) is 12.8 Å². The summed E-state index contributed by atoms with van der Waals surface area (Å²) in [5, 5.41) is 9.81. The van der Waals surface area contributed by atoms with E-state index in [1.54, 1.807) is 19.2 Å². The Morgan fingerprint density at radius 1 is 1.56 bits per heavy atom. The van der Waals surface area contributed by atoms with Crippen molar-refractivity contribution in [3.8, 4) is 0 Å². The minimum atomic E-state index is -0.164. The first-order valence-electron chi connectivity index (χ1n) is 6.19. The Balaban J connectivity index is 2.02. The molecule has 0 aliphatic carbocycles. The number of benzene rings is 1. The molecule has 3 N–H and O–H groups in total. The van der Waals surface area contributed by atoms with E-state index in [2.05, 4.69) is 16.0 Å². The molecule has 0 aromatic heterocycles. The number of hydrogen-bond acceptors (Lipinski definition) is 3. The van der Waals surface area contributed by atoms with Crippen LogP contribution < -0.4 is 16.0 Å². The molecule has 0 radical (unpaired) electrons. The maximum atomic E-state index is 11.6.